The summed E-state index contributed by atoms with van der Waals surface area (Å²) in [6.45, 7) is 20.1. The summed E-state index contributed by atoms with van der Waals surface area (Å²) in [5.41, 5.74) is 4.85. The summed E-state index contributed by atoms with van der Waals surface area (Å²) in [4.78, 5) is 23.6. The van der Waals surface area contributed by atoms with Gasteiger partial charge >= 0.3 is 11.9 Å². The standard InChI is InChI=1S/C31H28O5/c1-19(2)22(7)34-29-18-25(23-8-13-26(14-9-23)35-30(32)20(3)4)12-17-28(29)24-10-15-27(16-11-24)36-31(33)21(5)6/h8-18H,1,3,5,7H2,2,4,6H3. The van der Waals surface area contributed by atoms with Gasteiger partial charge in [0.05, 0.1) is 0 Å². The molecule has 5 nitrogen and oxygen atoms in total. The predicted molar refractivity (Wildman–Crippen MR) is 143 cm³/mol. The van der Waals surface area contributed by atoms with Gasteiger partial charge in [0.1, 0.15) is 23.0 Å². The molecule has 0 bridgehead atoms. The molecule has 0 amide bonds. The number of rotatable bonds is 9. The molecule has 0 aliphatic carbocycles. The minimum Gasteiger partial charge on any atom is -0.457 e. The van der Waals surface area contributed by atoms with E-state index in [1.165, 1.54) is 0 Å². The molecule has 182 valence electrons. The lowest BCUT2D eigenvalue weighted by molar-refractivity contribution is -0.130. The zero-order valence-corrected chi connectivity index (χ0v) is 20.7. The average molecular weight is 481 g/mol. The molecule has 0 aromatic heterocycles. The van der Waals surface area contributed by atoms with Crippen LogP contribution < -0.4 is 14.2 Å². The number of allylic oxidation sites excluding steroid dienone is 1. The van der Waals surface area contributed by atoms with E-state index >= 15 is 0 Å². The molecule has 0 spiro atoms. The first kappa shape index (κ1) is 26.0. The Labute approximate surface area is 211 Å². The van der Waals surface area contributed by atoms with Crippen molar-refractivity contribution in [3.63, 3.8) is 0 Å². The lowest BCUT2D eigenvalue weighted by atomic mass is 9.99. The van der Waals surface area contributed by atoms with E-state index in [9.17, 15) is 9.59 Å². The van der Waals surface area contributed by atoms with Crippen molar-refractivity contribution in [3.8, 4) is 39.5 Å². The zero-order valence-electron chi connectivity index (χ0n) is 20.7. The molecule has 0 radical (unpaired) electrons. The summed E-state index contributed by atoms with van der Waals surface area (Å²) in [5, 5.41) is 0. The maximum absolute atomic E-state index is 11.8. The van der Waals surface area contributed by atoms with Crippen LogP contribution in [0.3, 0.4) is 0 Å². The first-order valence-electron chi connectivity index (χ1n) is 11.2. The fourth-order valence-electron chi connectivity index (χ4n) is 3.05. The Kier molecular flexibility index (Phi) is 8.07. The summed E-state index contributed by atoms with van der Waals surface area (Å²) < 4.78 is 16.6. The zero-order chi connectivity index (χ0) is 26.4. The van der Waals surface area contributed by atoms with E-state index < -0.39 is 11.9 Å². The van der Waals surface area contributed by atoms with Gasteiger partial charge in [0.15, 0.2) is 0 Å². The second-order valence-electron chi connectivity index (χ2n) is 8.40. The van der Waals surface area contributed by atoms with E-state index in [1.807, 2.05) is 49.4 Å². The fourth-order valence-corrected chi connectivity index (χ4v) is 3.05. The molecular formula is C31H28O5. The highest BCUT2D eigenvalue weighted by Crippen LogP contribution is 2.37. The van der Waals surface area contributed by atoms with Crippen molar-refractivity contribution in [2.45, 2.75) is 20.8 Å². The number of carbonyl (C=O) groups excluding carboxylic acids is 2. The van der Waals surface area contributed by atoms with Crippen LogP contribution in [-0.4, -0.2) is 11.9 Å². The van der Waals surface area contributed by atoms with Gasteiger partial charge < -0.3 is 14.2 Å². The largest absolute Gasteiger partial charge is 0.457 e. The normalized spacial score (nSPS) is 10.2. The average Bonchev–Trinajstić information content (AvgIpc) is 2.84. The van der Waals surface area contributed by atoms with Crippen LogP contribution in [0.4, 0.5) is 0 Å². The molecule has 0 fully saturated rings. The highest BCUT2D eigenvalue weighted by Gasteiger charge is 2.13. The number of hydrogen-bond acceptors (Lipinski definition) is 5. The Morgan fingerprint density at radius 3 is 1.44 bits per heavy atom. The number of ether oxygens (including phenoxy) is 3. The van der Waals surface area contributed by atoms with Crippen molar-refractivity contribution in [3.05, 3.63) is 116 Å². The van der Waals surface area contributed by atoms with Gasteiger partial charge in [-0.3, -0.25) is 0 Å². The maximum atomic E-state index is 11.8. The molecule has 0 aliphatic rings. The molecule has 0 saturated carbocycles. The smallest absolute Gasteiger partial charge is 0.338 e. The molecule has 0 saturated heterocycles. The van der Waals surface area contributed by atoms with Crippen LogP contribution in [0, 0.1) is 0 Å². The Balaban J connectivity index is 1.94. The van der Waals surface area contributed by atoms with Gasteiger partial charge in [0, 0.05) is 16.7 Å². The highest BCUT2D eigenvalue weighted by atomic mass is 16.5. The van der Waals surface area contributed by atoms with Gasteiger partial charge in [-0.1, -0.05) is 62.7 Å². The van der Waals surface area contributed by atoms with E-state index in [0.717, 1.165) is 22.3 Å². The maximum Gasteiger partial charge on any atom is 0.338 e. The van der Waals surface area contributed by atoms with E-state index in [4.69, 9.17) is 14.2 Å². The van der Waals surface area contributed by atoms with Crippen LogP contribution in [0.2, 0.25) is 0 Å². The SMILES string of the molecule is C=C(C)C(=C)Oc1cc(-c2ccc(OC(=O)C(=C)C)cc2)ccc1-c1ccc(OC(=O)C(=C)C)cc1. The minimum absolute atomic E-state index is 0.325. The molecule has 0 aliphatic heterocycles. The second kappa shape index (κ2) is 11.2. The van der Waals surface area contributed by atoms with Crippen molar-refractivity contribution >= 4 is 11.9 Å². The lowest BCUT2D eigenvalue weighted by Crippen LogP contribution is -2.07. The topological polar surface area (TPSA) is 61.8 Å². The molecular weight excluding hydrogens is 452 g/mol. The quantitative estimate of drug-likeness (QED) is 0.105. The third-order valence-electron chi connectivity index (χ3n) is 5.16. The third kappa shape index (κ3) is 6.48. The summed E-state index contributed by atoms with van der Waals surface area (Å²) in [7, 11) is 0. The van der Waals surface area contributed by atoms with Crippen molar-refractivity contribution in [2.75, 3.05) is 0 Å². The lowest BCUT2D eigenvalue weighted by Gasteiger charge is -2.16. The van der Waals surface area contributed by atoms with Crippen LogP contribution >= 0.6 is 0 Å². The number of esters is 2. The van der Waals surface area contributed by atoms with E-state index in [1.54, 1.807) is 38.1 Å². The highest BCUT2D eigenvalue weighted by molar-refractivity contribution is 5.89. The Hall–Kier alpha value is -4.64. The molecule has 3 aromatic carbocycles. The summed E-state index contributed by atoms with van der Waals surface area (Å²) in [6, 6.07) is 20.1. The Morgan fingerprint density at radius 2 is 1.00 bits per heavy atom. The molecule has 3 aromatic rings. The number of hydrogen-bond donors (Lipinski definition) is 0. The van der Waals surface area contributed by atoms with E-state index in [-0.39, 0.29) is 0 Å². The second-order valence-corrected chi connectivity index (χ2v) is 8.40. The van der Waals surface area contributed by atoms with Crippen molar-refractivity contribution in [2.24, 2.45) is 0 Å². The molecule has 36 heavy (non-hydrogen) atoms. The summed E-state index contributed by atoms with van der Waals surface area (Å²) >= 11 is 0. The Morgan fingerprint density at radius 1 is 0.556 bits per heavy atom. The van der Waals surface area contributed by atoms with Crippen molar-refractivity contribution < 1.29 is 23.8 Å². The molecule has 0 N–H and O–H groups in total. The third-order valence-corrected chi connectivity index (χ3v) is 5.16. The molecule has 5 heteroatoms. The molecule has 0 unspecified atom stereocenters. The van der Waals surface area contributed by atoms with Crippen LogP contribution in [0.25, 0.3) is 22.3 Å². The van der Waals surface area contributed by atoms with Crippen molar-refractivity contribution in [1.82, 2.24) is 0 Å². The first-order valence-corrected chi connectivity index (χ1v) is 11.2. The Bertz CT molecular complexity index is 1360. The van der Waals surface area contributed by atoms with Gasteiger partial charge in [-0.05, 0) is 73.4 Å². The van der Waals surface area contributed by atoms with Gasteiger partial charge in [-0.15, -0.1) is 0 Å². The van der Waals surface area contributed by atoms with Gasteiger partial charge in [0.25, 0.3) is 0 Å². The van der Waals surface area contributed by atoms with Crippen LogP contribution in [-0.2, 0) is 9.59 Å². The van der Waals surface area contributed by atoms with Gasteiger partial charge in [-0.2, -0.15) is 0 Å². The number of benzene rings is 3. The van der Waals surface area contributed by atoms with E-state index in [0.29, 0.717) is 39.7 Å². The van der Waals surface area contributed by atoms with E-state index in [2.05, 4.69) is 26.3 Å². The number of carbonyl (C=O) groups is 2. The van der Waals surface area contributed by atoms with Gasteiger partial charge in [0.2, 0.25) is 0 Å². The first-order chi connectivity index (χ1) is 17.0. The summed E-state index contributed by atoms with van der Waals surface area (Å²) in [5.74, 6) is 0.941. The van der Waals surface area contributed by atoms with Gasteiger partial charge in [-0.25, -0.2) is 9.59 Å². The fraction of sp³-hybridized carbons (Fsp3) is 0.0968. The monoisotopic (exact) mass is 480 g/mol. The molecule has 0 heterocycles. The molecule has 0 atom stereocenters. The predicted octanol–water partition coefficient (Wildman–Crippen LogP) is 7.45. The van der Waals surface area contributed by atoms with Crippen LogP contribution in [0.15, 0.2) is 116 Å². The molecule has 3 rings (SSSR count). The summed E-state index contributed by atoms with van der Waals surface area (Å²) in [6.07, 6.45) is 0. The minimum atomic E-state index is -0.478. The van der Waals surface area contributed by atoms with Crippen LogP contribution in [0.5, 0.6) is 17.2 Å². The van der Waals surface area contributed by atoms with Crippen LogP contribution in [0.1, 0.15) is 20.8 Å². The van der Waals surface area contributed by atoms with Crippen molar-refractivity contribution in [1.29, 1.82) is 0 Å².